The van der Waals surface area contributed by atoms with E-state index in [0.717, 1.165) is 19.3 Å². The molecule has 1 saturated carbocycles. The van der Waals surface area contributed by atoms with Crippen LogP contribution in [0.5, 0.6) is 0 Å². The first-order chi connectivity index (χ1) is 8.53. The highest BCUT2D eigenvalue weighted by atomic mass is 32.2. The van der Waals surface area contributed by atoms with Crippen LogP contribution in [0.15, 0.2) is 5.16 Å². The minimum atomic E-state index is -0.939. The van der Waals surface area contributed by atoms with Crippen LogP contribution in [0.4, 0.5) is 0 Å². The molecule has 1 atom stereocenters. The third-order valence-corrected chi connectivity index (χ3v) is 4.19. The van der Waals surface area contributed by atoms with Crippen LogP contribution in [-0.2, 0) is 15.6 Å². The summed E-state index contributed by atoms with van der Waals surface area (Å²) in [5, 5.41) is 14.6. The standard InChI is InChI=1S/C11H21N3O3S/c1-18(17)8-7-13-10(15)11(9(12)14-16)5-3-2-4-6-11/h16H,2-8H2,1H3,(H2,12,14)(H,13,15). The predicted molar refractivity (Wildman–Crippen MR) is 70.9 cm³/mol. The highest BCUT2D eigenvalue weighted by molar-refractivity contribution is 7.84. The van der Waals surface area contributed by atoms with Crippen molar-refractivity contribution in [1.82, 2.24) is 5.32 Å². The van der Waals surface area contributed by atoms with Gasteiger partial charge in [0.15, 0.2) is 5.84 Å². The van der Waals surface area contributed by atoms with E-state index >= 15 is 0 Å². The van der Waals surface area contributed by atoms with E-state index in [0.29, 0.717) is 25.1 Å². The zero-order valence-electron chi connectivity index (χ0n) is 10.6. The molecule has 1 rings (SSSR count). The summed E-state index contributed by atoms with van der Waals surface area (Å²) in [5.41, 5.74) is 4.81. The number of hydrogen-bond donors (Lipinski definition) is 3. The number of oxime groups is 1. The third kappa shape index (κ3) is 3.44. The lowest BCUT2D eigenvalue weighted by molar-refractivity contribution is -0.128. The summed E-state index contributed by atoms with van der Waals surface area (Å²) in [7, 11) is -0.939. The van der Waals surface area contributed by atoms with E-state index < -0.39 is 16.2 Å². The Labute approximate surface area is 109 Å². The first-order valence-corrected chi connectivity index (χ1v) is 7.82. The molecular weight excluding hydrogens is 254 g/mol. The van der Waals surface area contributed by atoms with Crippen molar-refractivity contribution in [3.05, 3.63) is 0 Å². The van der Waals surface area contributed by atoms with Crippen molar-refractivity contribution in [3.8, 4) is 0 Å². The number of amides is 1. The Balaban J connectivity index is 2.71. The van der Waals surface area contributed by atoms with Gasteiger partial charge in [-0.25, -0.2) is 0 Å². The molecule has 0 heterocycles. The van der Waals surface area contributed by atoms with Gasteiger partial charge < -0.3 is 16.3 Å². The Morgan fingerprint density at radius 2 is 2.06 bits per heavy atom. The van der Waals surface area contributed by atoms with Crippen LogP contribution in [0.25, 0.3) is 0 Å². The van der Waals surface area contributed by atoms with Crippen molar-refractivity contribution in [3.63, 3.8) is 0 Å². The van der Waals surface area contributed by atoms with Crippen LogP contribution in [-0.4, -0.2) is 39.7 Å². The molecule has 18 heavy (non-hydrogen) atoms. The van der Waals surface area contributed by atoms with Gasteiger partial charge >= 0.3 is 0 Å². The Hall–Kier alpha value is -1.11. The van der Waals surface area contributed by atoms with Gasteiger partial charge in [-0.15, -0.1) is 0 Å². The van der Waals surface area contributed by atoms with Gasteiger partial charge in [0.2, 0.25) is 5.91 Å². The van der Waals surface area contributed by atoms with Gasteiger partial charge in [0.1, 0.15) is 5.41 Å². The average molecular weight is 275 g/mol. The quantitative estimate of drug-likeness (QED) is 0.288. The summed E-state index contributed by atoms with van der Waals surface area (Å²) in [4.78, 5) is 12.2. The van der Waals surface area contributed by atoms with Crippen LogP contribution in [0.3, 0.4) is 0 Å². The fourth-order valence-corrected chi connectivity index (χ4v) is 2.72. The maximum atomic E-state index is 12.2. The van der Waals surface area contributed by atoms with Crippen LogP contribution in [0.2, 0.25) is 0 Å². The number of hydrogen-bond acceptors (Lipinski definition) is 4. The molecule has 1 amide bonds. The number of carbonyl (C=O) groups excluding carboxylic acids is 1. The number of nitrogens with zero attached hydrogens (tertiary/aromatic N) is 1. The molecule has 0 aromatic rings. The second-order valence-electron chi connectivity index (χ2n) is 4.66. The molecule has 0 radical (unpaired) electrons. The molecule has 7 heteroatoms. The van der Waals surface area contributed by atoms with Crippen molar-refractivity contribution in [2.24, 2.45) is 16.3 Å². The molecule has 0 aliphatic heterocycles. The monoisotopic (exact) mass is 275 g/mol. The number of rotatable bonds is 5. The summed E-state index contributed by atoms with van der Waals surface area (Å²) in [5.74, 6) is 0.179. The SMILES string of the molecule is CS(=O)CCNC(=O)C1(C(N)=NO)CCCCC1. The summed E-state index contributed by atoms with van der Waals surface area (Å²) >= 11 is 0. The Morgan fingerprint density at radius 3 is 2.56 bits per heavy atom. The van der Waals surface area contributed by atoms with Gasteiger partial charge in [-0.05, 0) is 12.8 Å². The van der Waals surface area contributed by atoms with E-state index in [9.17, 15) is 9.00 Å². The van der Waals surface area contributed by atoms with Gasteiger partial charge in [0.25, 0.3) is 0 Å². The van der Waals surface area contributed by atoms with Crippen LogP contribution in [0.1, 0.15) is 32.1 Å². The van der Waals surface area contributed by atoms with E-state index in [1.165, 1.54) is 0 Å². The van der Waals surface area contributed by atoms with E-state index in [4.69, 9.17) is 10.9 Å². The molecule has 4 N–H and O–H groups in total. The van der Waals surface area contributed by atoms with Crippen LogP contribution in [0, 0.1) is 5.41 Å². The van der Waals surface area contributed by atoms with E-state index in [2.05, 4.69) is 10.5 Å². The zero-order valence-corrected chi connectivity index (χ0v) is 11.5. The summed E-state index contributed by atoms with van der Waals surface area (Å²) in [6, 6.07) is 0. The molecule has 6 nitrogen and oxygen atoms in total. The van der Waals surface area contributed by atoms with E-state index in [1.54, 1.807) is 6.26 Å². The number of nitrogens with two attached hydrogens (primary N) is 1. The molecule has 0 bridgehead atoms. The minimum absolute atomic E-state index is 0.0164. The number of amidine groups is 1. The van der Waals surface area contributed by atoms with E-state index in [-0.39, 0.29) is 11.7 Å². The lowest BCUT2D eigenvalue weighted by atomic mass is 9.72. The molecule has 0 aromatic carbocycles. The summed E-state index contributed by atoms with van der Waals surface area (Å²) in [6.07, 6.45) is 5.64. The third-order valence-electron chi connectivity index (χ3n) is 3.41. The number of nitrogens with one attached hydrogen (secondary N) is 1. The summed E-state index contributed by atoms with van der Waals surface area (Å²) < 4.78 is 10.9. The fraction of sp³-hybridized carbons (Fsp3) is 0.818. The Bertz CT molecular complexity index is 351. The maximum Gasteiger partial charge on any atom is 0.233 e. The van der Waals surface area contributed by atoms with Gasteiger partial charge in [0.05, 0.1) is 0 Å². The lowest BCUT2D eigenvalue weighted by Gasteiger charge is -2.34. The topological polar surface area (TPSA) is 105 Å². The highest BCUT2D eigenvalue weighted by Gasteiger charge is 2.43. The van der Waals surface area contributed by atoms with Gasteiger partial charge in [-0.1, -0.05) is 24.4 Å². The second-order valence-corrected chi connectivity index (χ2v) is 6.22. The minimum Gasteiger partial charge on any atom is -0.409 e. The van der Waals surface area contributed by atoms with Gasteiger partial charge in [-0.3, -0.25) is 9.00 Å². The Morgan fingerprint density at radius 1 is 1.44 bits per heavy atom. The van der Waals surface area contributed by atoms with Crippen molar-refractivity contribution in [1.29, 1.82) is 0 Å². The normalized spacial score (nSPS) is 21.3. The first-order valence-electron chi connectivity index (χ1n) is 6.09. The van der Waals surface area contributed by atoms with Gasteiger partial charge in [0, 0.05) is 29.4 Å². The van der Waals surface area contributed by atoms with Crippen molar-refractivity contribution in [2.75, 3.05) is 18.6 Å². The molecule has 0 spiro atoms. The van der Waals surface area contributed by atoms with Crippen LogP contribution < -0.4 is 11.1 Å². The van der Waals surface area contributed by atoms with E-state index in [1.807, 2.05) is 0 Å². The summed E-state index contributed by atoms with van der Waals surface area (Å²) in [6.45, 7) is 0.350. The van der Waals surface area contributed by atoms with Crippen LogP contribution >= 0.6 is 0 Å². The highest BCUT2D eigenvalue weighted by Crippen LogP contribution is 2.36. The molecule has 1 aliphatic rings. The lowest BCUT2D eigenvalue weighted by Crippen LogP contribution is -2.51. The molecule has 0 saturated heterocycles. The average Bonchev–Trinajstić information content (AvgIpc) is 2.38. The smallest absolute Gasteiger partial charge is 0.233 e. The Kier molecular flexibility index (Phi) is 5.58. The largest absolute Gasteiger partial charge is 0.409 e. The molecular formula is C11H21N3O3S. The molecule has 1 fully saturated rings. The molecule has 0 aromatic heterocycles. The second kappa shape index (κ2) is 6.72. The number of carbonyl (C=O) groups is 1. The van der Waals surface area contributed by atoms with Gasteiger partial charge in [-0.2, -0.15) is 0 Å². The maximum absolute atomic E-state index is 12.2. The first kappa shape index (κ1) is 14.9. The fourth-order valence-electron chi connectivity index (χ4n) is 2.33. The van der Waals surface area contributed by atoms with Crippen molar-refractivity contribution >= 4 is 22.5 Å². The molecule has 104 valence electrons. The van der Waals surface area contributed by atoms with Crippen molar-refractivity contribution < 1.29 is 14.2 Å². The zero-order chi connectivity index (χ0) is 13.6. The van der Waals surface area contributed by atoms with Crippen molar-refractivity contribution in [2.45, 2.75) is 32.1 Å². The molecule has 1 unspecified atom stereocenters. The molecule has 1 aliphatic carbocycles. The predicted octanol–water partition coefficient (Wildman–Crippen LogP) is 0.178.